The standard InChI is InChI=1S/C16H14FN3O2/c1-11-14(7-9-22-11)16(21)18-15-6-8-20(19-15)10-12-2-4-13(17)5-3-12/h2-9H,10H2,1H3,(H,18,19,21). The van der Waals surface area contributed by atoms with E-state index in [2.05, 4.69) is 10.4 Å². The second-order valence-electron chi connectivity index (χ2n) is 4.87. The molecule has 0 spiro atoms. The summed E-state index contributed by atoms with van der Waals surface area (Å²) >= 11 is 0. The molecule has 1 N–H and O–H groups in total. The number of furan rings is 1. The fourth-order valence-electron chi connectivity index (χ4n) is 2.10. The lowest BCUT2D eigenvalue weighted by molar-refractivity contribution is 0.102. The maximum absolute atomic E-state index is 12.9. The molecule has 6 heteroatoms. The normalized spacial score (nSPS) is 10.6. The van der Waals surface area contributed by atoms with Crippen LogP contribution in [0.3, 0.4) is 0 Å². The van der Waals surface area contributed by atoms with Crippen molar-refractivity contribution in [2.24, 2.45) is 0 Å². The van der Waals surface area contributed by atoms with Gasteiger partial charge in [-0.3, -0.25) is 9.48 Å². The molecule has 0 saturated heterocycles. The summed E-state index contributed by atoms with van der Waals surface area (Å²) in [5, 5.41) is 6.98. The number of nitrogens with one attached hydrogen (secondary N) is 1. The summed E-state index contributed by atoms with van der Waals surface area (Å²) in [4.78, 5) is 12.0. The Balaban J connectivity index is 1.67. The van der Waals surface area contributed by atoms with Gasteiger partial charge in [0.2, 0.25) is 0 Å². The molecule has 3 aromatic rings. The van der Waals surface area contributed by atoms with Crippen LogP contribution < -0.4 is 5.32 Å². The Kier molecular flexibility index (Phi) is 3.74. The van der Waals surface area contributed by atoms with Gasteiger partial charge in [-0.15, -0.1) is 0 Å². The molecular weight excluding hydrogens is 285 g/mol. The zero-order valence-electron chi connectivity index (χ0n) is 11.9. The number of hydrogen-bond donors (Lipinski definition) is 1. The molecule has 0 radical (unpaired) electrons. The van der Waals surface area contributed by atoms with Gasteiger partial charge in [-0.1, -0.05) is 12.1 Å². The zero-order valence-corrected chi connectivity index (χ0v) is 11.9. The minimum atomic E-state index is -0.271. The van der Waals surface area contributed by atoms with Crippen LogP contribution in [0.15, 0.2) is 53.3 Å². The average molecular weight is 299 g/mol. The van der Waals surface area contributed by atoms with E-state index in [9.17, 15) is 9.18 Å². The molecular formula is C16H14FN3O2. The summed E-state index contributed by atoms with van der Waals surface area (Å²) in [7, 11) is 0. The van der Waals surface area contributed by atoms with Gasteiger partial charge in [0, 0.05) is 12.3 Å². The molecule has 2 heterocycles. The van der Waals surface area contributed by atoms with E-state index < -0.39 is 0 Å². The van der Waals surface area contributed by atoms with E-state index in [1.807, 2.05) is 0 Å². The number of carbonyl (C=O) groups excluding carboxylic acids is 1. The lowest BCUT2D eigenvalue weighted by Gasteiger charge is -2.02. The largest absolute Gasteiger partial charge is 0.469 e. The van der Waals surface area contributed by atoms with Gasteiger partial charge in [0.25, 0.3) is 5.91 Å². The fraction of sp³-hybridized carbons (Fsp3) is 0.125. The van der Waals surface area contributed by atoms with Crippen molar-refractivity contribution < 1.29 is 13.6 Å². The predicted molar refractivity (Wildman–Crippen MR) is 79.1 cm³/mol. The minimum absolute atomic E-state index is 0.265. The smallest absolute Gasteiger partial charge is 0.260 e. The van der Waals surface area contributed by atoms with Crippen LogP contribution in [0.1, 0.15) is 21.7 Å². The van der Waals surface area contributed by atoms with Crippen LogP contribution in [0.25, 0.3) is 0 Å². The number of carbonyl (C=O) groups is 1. The Morgan fingerprint density at radius 2 is 2.05 bits per heavy atom. The quantitative estimate of drug-likeness (QED) is 0.804. The Morgan fingerprint density at radius 3 is 2.73 bits per heavy atom. The number of amides is 1. The molecule has 22 heavy (non-hydrogen) atoms. The van der Waals surface area contributed by atoms with Gasteiger partial charge in [-0.2, -0.15) is 5.10 Å². The second-order valence-corrected chi connectivity index (χ2v) is 4.87. The van der Waals surface area contributed by atoms with Gasteiger partial charge >= 0.3 is 0 Å². The molecule has 0 bridgehead atoms. The highest BCUT2D eigenvalue weighted by Crippen LogP contribution is 2.12. The molecule has 0 aliphatic rings. The zero-order chi connectivity index (χ0) is 15.5. The summed E-state index contributed by atoms with van der Waals surface area (Å²) in [6.07, 6.45) is 3.22. The number of nitrogens with zero attached hydrogens (tertiary/aromatic N) is 2. The predicted octanol–water partition coefficient (Wildman–Crippen LogP) is 3.22. The maximum Gasteiger partial charge on any atom is 0.260 e. The van der Waals surface area contributed by atoms with Crippen molar-refractivity contribution in [3.8, 4) is 0 Å². The molecule has 0 atom stereocenters. The molecule has 0 aliphatic heterocycles. The molecule has 0 aliphatic carbocycles. The molecule has 3 rings (SSSR count). The highest BCUT2D eigenvalue weighted by Gasteiger charge is 2.12. The van der Waals surface area contributed by atoms with Crippen molar-refractivity contribution in [3.63, 3.8) is 0 Å². The number of halogens is 1. The van der Waals surface area contributed by atoms with Crippen LogP contribution >= 0.6 is 0 Å². The van der Waals surface area contributed by atoms with Crippen LogP contribution in [0.4, 0.5) is 10.2 Å². The van der Waals surface area contributed by atoms with Crippen LogP contribution in [0.2, 0.25) is 0 Å². The lowest BCUT2D eigenvalue weighted by atomic mass is 10.2. The fourth-order valence-corrected chi connectivity index (χ4v) is 2.10. The molecule has 1 aromatic carbocycles. The van der Waals surface area contributed by atoms with E-state index in [1.54, 1.807) is 42.1 Å². The Bertz CT molecular complexity index is 790. The number of rotatable bonds is 4. The third-order valence-electron chi connectivity index (χ3n) is 3.24. The van der Waals surface area contributed by atoms with Crippen LogP contribution in [-0.2, 0) is 6.54 Å². The minimum Gasteiger partial charge on any atom is -0.469 e. The van der Waals surface area contributed by atoms with Crippen LogP contribution in [-0.4, -0.2) is 15.7 Å². The maximum atomic E-state index is 12.9. The summed E-state index contributed by atoms with van der Waals surface area (Å²) in [5.41, 5.74) is 1.40. The first-order valence-corrected chi connectivity index (χ1v) is 6.75. The van der Waals surface area contributed by atoms with Gasteiger partial charge in [0.05, 0.1) is 18.4 Å². The third kappa shape index (κ3) is 3.06. The number of benzene rings is 1. The van der Waals surface area contributed by atoms with Gasteiger partial charge in [0.15, 0.2) is 5.82 Å². The number of aromatic nitrogens is 2. The summed E-state index contributed by atoms with van der Waals surface area (Å²) in [5.74, 6) is 0.474. The van der Waals surface area contributed by atoms with Crippen molar-refractivity contribution in [2.75, 3.05) is 5.32 Å². The summed E-state index contributed by atoms with van der Waals surface area (Å²) < 4.78 is 19.6. The Morgan fingerprint density at radius 1 is 1.27 bits per heavy atom. The molecule has 112 valence electrons. The van der Waals surface area contributed by atoms with E-state index in [0.717, 1.165) is 5.56 Å². The number of anilines is 1. The van der Waals surface area contributed by atoms with Crippen molar-refractivity contribution in [2.45, 2.75) is 13.5 Å². The lowest BCUT2D eigenvalue weighted by Crippen LogP contribution is -2.13. The Labute approximate surface area is 126 Å². The van der Waals surface area contributed by atoms with Crippen molar-refractivity contribution in [1.82, 2.24) is 9.78 Å². The molecule has 0 saturated carbocycles. The van der Waals surface area contributed by atoms with Gasteiger partial charge in [0.1, 0.15) is 11.6 Å². The van der Waals surface area contributed by atoms with Crippen molar-refractivity contribution in [1.29, 1.82) is 0 Å². The number of aryl methyl sites for hydroxylation is 1. The van der Waals surface area contributed by atoms with Crippen molar-refractivity contribution in [3.05, 3.63) is 71.6 Å². The first-order valence-electron chi connectivity index (χ1n) is 6.75. The van der Waals surface area contributed by atoms with E-state index in [0.29, 0.717) is 23.7 Å². The van der Waals surface area contributed by atoms with E-state index >= 15 is 0 Å². The molecule has 0 fully saturated rings. The molecule has 1 amide bonds. The van der Waals surface area contributed by atoms with Crippen molar-refractivity contribution >= 4 is 11.7 Å². The average Bonchev–Trinajstić information content (AvgIpc) is 3.10. The summed E-state index contributed by atoms with van der Waals surface area (Å²) in [6.45, 7) is 2.23. The molecule has 5 nitrogen and oxygen atoms in total. The first kappa shape index (κ1) is 14.1. The molecule has 2 aromatic heterocycles. The highest BCUT2D eigenvalue weighted by molar-refractivity contribution is 6.04. The molecule has 0 unspecified atom stereocenters. The summed E-state index contributed by atoms with van der Waals surface area (Å²) in [6, 6.07) is 9.53. The van der Waals surface area contributed by atoms with Gasteiger partial charge < -0.3 is 9.73 Å². The van der Waals surface area contributed by atoms with E-state index in [4.69, 9.17) is 4.42 Å². The van der Waals surface area contributed by atoms with E-state index in [1.165, 1.54) is 18.4 Å². The van der Waals surface area contributed by atoms with Gasteiger partial charge in [-0.05, 0) is 30.7 Å². The number of hydrogen-bond acceptors (Lipinski definition) is 3. The topological polar surface area (TPSA) is 60.1 Å². The Hall–Kier alpha value is -2.89. The first-order chi connectivity index (χ1) is 10.6. The third-order valence-corrected chi connectivity index (χ3v) is 3.24. The van der Waals surface area contributed by atoms with E-state index in [-0.39, 0.29) is 11.7 Å². The SMILES string of the molecule is Cc1occc1C(=O)Nc1ccn(Cc2ccc(F)cc2)n1. The monoisotopic (exact) mass is 299 g/mol. The highest BCUT2D eigenvalue weighted by atomic mass is 19.1. The van der Waals surface area contributed by atoms with Crippen LogP contribution in [0, 0.1) is 12.7 Å². The van der Waals surface area contributed by atoms with Gasteiger partial charge in [-0.25, -0.2) is 4.39 Å². The van der Waals surface area contributed by atoms with Crippen LogP contribution in [0.5, 0.6) is 0 Å². The second kappa shape index (κ2) is 5.85.